The number of aromatic nitrogens is 2. The molecule has 10 heteroatoms. The fourth-order valence-corrected chi connectivity index (χ4v) is 4.18. The highest BCUT2D eigenvalue weighted by molar-refractivity contribution is 7.99. The number of anilines is 1. The number of hydrogen-bond donors (Lipinski definition) is 1. The minimum absolute atomic E-state index is 0.0139. The van der Waals surface area contributed by atoms with Crippen LogP contribution in [0.4, 0.5) is 5.82 Å². The summed E-state index contributed by atoms with van der Waals surface area (Å²) in [5, 5.41) is 3.92. The van der Waals surface area contributed by atoms with Crippen LogP contribution in [0.1, 0.15) is 6.92 Å². The molecule has 0 bridgehead atoms. The number of likely N-dealkylation sites (N-methyl/N-ethyl adjacent to an activating group) is 1. The molecule has 3 heterocycles. The van der Waals surface area contributed by atoms with Crippen LogP contribution in [0.15, 0.2) is 11.2 Å². The number of carbonyl (C=O) groups is 1. The minimum atomic E-state index is -0.0139. The number of piperazine rings is 1. The summed E-state index contributed by atoms with van der Waals surface area (Å²) in [6.07, 6.45) is 0. The van der Waals surface area contributed by atoms with Gasteiger partial charge in [-0.15, -0.1) is 0 Å². The summed E-state index contributed by atoms with van der Waals surface area (Å²) in [6, 6.07) is 1.80. The first-order valence-corrected chi connectivity index (χ1v) is 11.2. The summed E-state index contributed by atoms with van der Waals surface area (Å²) in [7, 11) is 0. The van der Waals surface area contributed by atoms with Gasteiger partial charge >= 0.3 is 0 Å². The Balaban J connectivity index is 1.43. The molecular weight excluding hydrogens is 400 g/mol. The van der Waals surface area contributed by atoms with Crippen LogP contribution in [-0.2, 0) is 9.53 Å². The van der Waals surface area contributed by atoms with E-state index < -0.39 is 0 Å². The number of halogens is 1. The van der Waals surface area contributed by atoms with Gasteiger partial charge in [-0.2, -0.15) is 0 Å². The molecule has 0 spiro atoms. The number of carbonyl (C=O) groups excluding carboxylic acids is 1. The van der Waals surface area contributed by atoms with Gasteiger partial charge in [-0.1, -0.05) is 30.3 Å². The van der Waals surface area contributed by atoms with E-state index in [-0.39, 0.29) is 11.7 Å². The molecule has 0 unspecified atom stereocenters. The van der Waals surface area contributed by atoms with Crippen molar-refractivity contribution in [2.75, 3.05) is 82.8 Å². The van der Waals surface area contributed by atoms with Crippen molar-refractivity contribution in [2.24, 2.45) is 0 Å². The van der Waals surface area contributed by atoms with Gasteiger partial charge in [-0.25, -0.2) is 9.97 Å². The Morgan fingerprint density at radius 3 is 2.64 bits per heavy atom. The Morgan fingerprint density at radius 2 is 1.93 bits per heavy atom. The maximum atomic E-state index is 12.1. The lowest BCUT2D eigenvalue weighted by Gasteiger charge is -2.34. The van der Waals surface area contributed by atoms with Crippen molar-refractivity contribution in [3.63, 3.8) is 0 Å². The van der Waals surface area contributed by atoms with Crippen molar-refractivity contribution in [1.29, 1.82) is 0 Å². The predicted octanol–water partition coefficient (Wildman–Crippen LogP) is 0.812. The number of nitrogens with one attached hydrogen (secondary N) is 1. The first kappa shape index (κ1) is 21.6. The Labute approximate surface area is 175 Å². The molecule has 1 amide bonds. The third kappa shape index (κ3) is 6.73. The number of thioether (sulfide) groups is 1. The summed E-state index contributed by atoms with van der Waals surface area (Å²) in [5.41, 5.74) is 0. The Kier molecular flexibility index (Phi) is 8.60. The van der Waals surface area contributed by atoms with Gasteiger partial charge in [0.1, 0.15) is 11.0 Å². The molecule has 1 N–H and O–H groups in total. The van der Waals surface area contributed by atoms with Crippen molar-refractivity contribution in [2.45, 2.75) is 12.1 Å². The van der Waals surface area contributed by atoms with Gasteiger partial charge < -0.3 is 19.9 Å². The van der Waals surface area contributed by atoms with Crippen molar-refractivity contribution < 1.29 is 9.53 Å². The third-order valence-electron chi connectivity index (χ3n) is 4.99. The molecule has 3 rings (SSSR count). The van der Waals surface area contributed by atoms with Crippen molar-refractivity contribution in [1.82, 2.24) is 25.1 Å². The second-order valence-electron chi connectivity index (χ2n) is 6.85. The monoisotopic (exact) mass is 428 g/mol. The van der Waals surface area contributed by atoms with Gasteiger partial charge in [0.05, 0.1) is 19.0 Å². The summed E-state index contributed by atoms with van der Waals surface area (Å²) < 4.78 is 5.33. The van der Waals surface area contributed by atoms with Crippen LogP contribution in [0, 0.1) is 0 Å². The molecular formula is C18H29ClN6O2S. The number of ether oxygens (including phenoxy) is 1. The minimum Gasteiger partial charge on any atom is -0.379 e. The number of nitrogens with zero attached hydrogens (tertiary/aromatic N) is 5. The Morgan fingerprint density at radius 1 is 1.18 bits per heavy atom. The van der Waals surface area contributed by atoms with Crippen molar-refractivity contribution in [3.8, 4) is 0 Å². The zero-order valence-corrected chi connectivity index (χ0v) is 18.0. The van der Waals surface area contributed by atoms with E-state index in [9.17, 15) is 4.79 Å². The molecule has 0 aliphatic carbocycles. The van der Waals surface area contributed by atoms with Gasteiger partial charge in [0.15, 0.2) is 5.16 Å². The van der Waals surface area contributed by atoms with Gasteiger partial charge in [-0.05, 0) is 6.54 Å². The molecule has 0 saturated carbocycles. The second-order valence-corrected chi connectivity index (χ2v) is 8.18. The molecule has 2 fully saturated rings. The molecule has 156 valence electrons. The van der Waals surface area contributed by atoms with E-state index in [1.165, 1.54) is 11.8 Å². The van der Waals surface area contributed by atoms with E-state index in [0.717, 1.165) is 71.4 Å². The van der Waals surface area contributed by atoms with E-state index in [1.807, 2.05) is 0 Å². The maximum Gasteiger partial charge on any atom is 0.230 e. The number of amides is 1. The third-order valence-corrected chi connectivity index (χ3v) is 6.03. The smallest absolute Gasteiger partial charge is 0.230 e. The molecule has 8 nitrogen and oxygen atoms in total. The highest BCUT2D eigenvalue weighted by Gasteiger charge is 2.18. The highest BCUT2D eigenvalue weighted by atomic mass is 35.5. The molecule has 1 aromatic rings. The fraction of sp³-hybridized carbons (Fsp3) is 0.722. The average molecular weight is 429 g/mol. The fourth-order valence-electron chi connectivity index (χ4n) is 3.26. The van der Waals surface area contributed by atoms with Crippen LogP contribution >= 0.6 is 23.4 Å². The standard InChI is InChI=1S/C18H29ClN6O2S/c1-2-23-5-7-25(8-6-23)16-13-15(19)21-18(22-16)28-14-17(26)20-3-4-24-9-11-27-12-10-24/h13H,2-12,14H2,1H3,(H,20,26). The molecule has 2 aliphatic rings. The van der Waals surface area contributed by atoms with Gasteiger partial charge in [0.25, 0.3) is 0 Å². The number of morpholine rings is 1. The van der Waals surface area contributed by atoms with Crippen LogP contribution in [0.5, 0.6) is 0 Å². The van der Waals surface area contributed by atoms with Crippen LogP contribution in [-0.4, -0.2) is 104 Å². The zero-order chi connectivity index (χ0) is 19.8. The van der Waals surface area contributed by atoms with E-state index >= 15 is 0 Å². The summed E-state index contributed by atoms with van der Waals surface area (Å²) in [4.78, 5) is 27.9. The van der Waals surface area contributed by atoms with Crippen molar-refractivity contribution >= 4 is 35.1 Å². The summed E-state index contributed by atoms with van der Waals surface area (Å²) >= 11 is 7.51. The largest absolute Gasteiger partial charge is 0.379 e. The van der Waals surface area contributed by atoms with E-state index in [0.29, 0.717) is 16.9 Å². The highest BCUT2D eigenvalue weighted by Crippen LogP contribution is 2.22. The van der Waals surface area contributed by atoms with Gasteiger partial charge in [-0.3, -0.25) is 9.69 Å². The van der Waals surface area contributed by atoms with Crippen molar-refractivity contribution in [3.05, 3.63) is 11.2 Å². The predicted molar refractivity (Wildman–Crippen MR) is 112 cm³/mol. The Hall–Kier alpha value is -1.13. The van der Waals surface area contributed by atoms with Crippen LogP contribution in [0.3, 0.4) is 0 Å². The molecule has 28 heavy (non-hydrogen) atoms. The number of hydrogen-bond acceptors (Lipinski definition) is 8. The first-order chi connectivity index (χ1) is 13.6. The zero-order valence-electron chi connectivity index (χ0n) is 16.4. The molecule has 0 aromatic carbocycles. The van der Waals surface area contributed by atoms with Crippen LogP contribution in [0.25, 0.3) is 0 Å². The lowest BCUT2D eigenvalue weighted by atomic mass is 10.3. The number of rotatable bonds is 8. The molecule has 1 aromatic heterocycles. The lowest BCUT2D eigenvalue weighted by molar-refractivity contribution is -0.118. The molecule has 0 atom stereocenters. The van der Waals surface area contributed by atoms with E-state index in [1.54, 1.807) is 6.07 Å². The SMILES string of the molecule is CCN1CCN(c2cc(Cl)nc(SCC(=O)NCCN3CCOCC3)n2)CC1. The lowest BCUT2D eigenvalue weighted by Crippen LogP contribution is -2.46. The Bertz CT molecular complexity index is 639. The summed E-state index contributed by atoms with van der Waals surface area (Å²) in [5.74, 6) is 1.11. The van der Waals surface area contributed by atoms with E-state index in [4.69, 9.17) is 16.3 Å². The average Bonchev–Trinajstić information content (AvgIpc) is 2.73. The first-order valence-electron chi connectivity index (χ1n) is 9.85. The van der Waals surface area contributed by atoms with Crippen LogP contribution < -0.4 is 10.2 Å². The van der Waals surface area contributed by atoms with E-state index in [2.05, 4.69) is 36.9 Å². The molecule has 0 radical (unpaired) electrons. The topological polar surface area (TPSA) is 73.8 Å². The summed E-state index contributed by atoms with van der Waals surface area (Å²) in [6.45, 7) is 12.0. The van der Waals surface area contributed by atoms with Gasteiger partial charge in [0.2, 0.25) is 5.91 Å². The maximum absolute atomic E-state index is 12.1. The normalized spacial score (nSPS) is 19.0. The van der Waals surface area contributed by atoms with Gasteiger partial charge in [0, 0.05) is 58.4 Å². The quantitative estimate of drug-likeness (QED) is 0.370. The van der Waals surface area contributed by atoms with Crippen LogP contribution in [0.2, 0.25) is 5.15 Å². The second kappa shape index (κ2) is 11.2. The molecule has 2 aliphatic heterocycles. The molecule has 2 saturated heterocycles.